The van der Waals surface area contributed by atoms with Crippen LogP contribution in [0.1, 0.15) is 20.3 Å². The van der Waals surface area contributed by atoms with Crippen molar-refractivity contribution in [3.63, 3.8) is 0 Å². The summed E-state index contributed by atoms with van der Waals surface area (Å²) in [7, 11) is 0. The van der Waals surface area contributed by atoms with E-state index in [0.717, 1.165) is 12.2 Å². The first-order valence-corrected chi connectivity index (χ1v) is 4.94. The summed E-state index contributed by atoms with van der Waals surface area (Å²) in [6.45, 7) is 6.75. The van der Waals surface area contributed by atoms with Crippen LogP contribution in [0, 0.1) is 0 Å². The number of carbonyl (C=O) groups excluding carboxylic acids is 2. The number of rotatable bonds is 5. The summed E-state index contributed by atoms with van der Waals surface area (Å²) < 4.78 is 4.57. The minimum atomic E-state index is -1.01. The summed E-state index contributed by atoms with van der Waals surface area (Å²) in [5, 5.41) is 15.7. The quantitative estimate of drug-likeness (QED) is 0.330. The third-order valence-corrected chi connectivity index (χ3v) is 1.26. The van der Waals surface area contributed by atoms with Crippen molar-refractivity contribution in [1.29, 1.82) is 0 Å². The van der Waals surface area contributed by atoms with E-state index in [4.69, 9.17) is 10.4 Å². The smallest absolute Gasteiger partial charge is 0.365 e. The summed E-state index contributed by atoms with van der Waals surface area (Å²) in [5.74, 6) is -2.58. The lowest BCUT2D eigenvalue weighted by Crippen LogP contribution is -2.03. The largest absolute Gasteiger partial charge is 0.478 e. The molecule has 7 heteroatoms. The van der Waals surface area contributed by atoms with Crippen LogP contribution in [-0.2, 0) is 24.0 Å². The minimum Gasteiger partial charge on any atom is -0.478 e. The van der Waals surface area contributed by atoms with Crippen LogP contribution in [0.25, 0.3) is 0 Å². The molecule has 0 amide bonds. The van der Waals surface area contributed by atoms with E-state index in [1.165, 1.54) is 6.92 Å². The zero-order valence-electron chi connectivity index (χ0n) is 10.2. The van der Waals surface area contributed by atoms with Crippen molar-refractivity contribution < 1.29 is 34.4 Å². The lowest BCUT2D eigenvalue weighted by atomic mass is 10.4. The van der Waals surface area contributed by atoms with Crippen LogP contribution in [0.2, 0.25) is 0 Å². The van der Waals surface area contributed by atoms with Gasteiger partial charge in [-0.15, -0.1) is 0 Å². The number of ether oxygens (including phenoxy) is 1. The van der Waals surface area contributed by atoms with E-state index < -0.39 is 17.9 Å². The Balaban J connectivity index is 0. The summed E-state index contributed by atoms with van der Waals surface area (Å²) in [4.78, 5) is 33.7. The first-order chi connectivity index (χ1) is 8.34. The lowest BCUT2D eigenvalue weighted by molar-refractivity contribution is -0.228. The average Bonchev–Trinajstić information content (AvgIpc) is 2.33. The maximum Gasteiger partial charge on any atom is 0.365 e. The van der Waals surface area contributed by atoms with Crippen LogP contribution in [-0.4, -0.2) is 34.9 Å². The molecule has 0 fully saturated rings. The molecule has 102 valence electrons. The standard InChI is InChI=1S/C7H10O5.C4H6O2/c1-2-5-11-6(8)3-4-7(9)12-10;1-3(2)4(5)6/h3-4,10H,2,5H2,1H3;1H2,2H3,(H,5,6)/b4-3-;. The number of carbonyl (C=O) groups is 3. The Labute approximate surface area is 104 Å². The zero-order chi connectivity index (χ0) is 14.6. The van der Waals surface area contributed by atoms with Crippen molar-refractivity contribution >= 4 is 17.9 Å². The molecule has 0 rings (SSSR count). The average molecular weight is 260 g/mol. The van der Waals surface area contributed by atoms with Crippen molar-refractivity contribution in [3.05, 3.63) is 24.3 Å². The molecule has 0 bridgehead atoms. The molecule has 0 heterocycles. The fourth-order valence-corrected chi connectivity index (χ4v) is 0.417. The fourth-order valence-electron chi connectivity index (χ4n) is 0.417. The monoisotopic (exact) mass is 260 g/mol. The fraction of sp³-hybridized carbons (Fsp3) is 0.364. The Morgan fingerprint density at radius 1 is 1.22 bits per heavy atom. The summed E-state index contributed by atoms with van der Waals surface area (Å²) in [6, 6.07) is 0. The summed E-state index contributed by atoms with van der Waals surface area (Å²) >= 11 is 0. The molecule has 0 unspecified atom stereocenters. The van der Waals surface area contributed by atoms with Gasteiger partial charge in [-0.05, 0) is 13.3 Å². The second-order valence-corrected chi connectivity index (χ2v) is 3.00. The van der Waals surface area contributed by atoms with Crippen LogP contribution in [0.3, 0.4) is 0 Å². The topological polar surface area (TPSA) is 110 Å². The molecule has 0 aliphatic heterocycles. The SMILES string of the molecule is C=C(C)C(=O)O.CCCOC(=O)/C=C\C(=O)OO. The van der Waals surface area contributed by atoms with Crippen LogP contribution >= 0.6 is 0 Å². The second kappa shape index (κ2) is 11.3. The first kappa shape index (κ1) is 18.2. The molecule has 0 saturated carbocycles. The molecule has 0 radical (unpaired) electrons. The van der Waals surface area contributed by atoms with Gasteiger partial charge >= 0.3 is 17.9 Å². The van der Waals surface area contributed by atoms with Crippen LogP contribution in [0.15, 0.2) is 24.3 Å². The van der Waals surface area contributed by atoms with Gasteiger partial charge in [0.05, 0.1) is 6.61 Å². The number of carboxylic acids is 1. The number of hydrogen-bond donors (Lipinski definition) is 2. The summed E-state index contributed by atoms with van der Waals surface area (Å²) in [6.07, 6.45) is 2.37. The molecule has 2 N–H and O–H groups in total. The van der Waals surface area contributed by atoms with Gasteiger partial charge in [-0.25, -0.2) is 14.4 Å². The Kier molecular flexibility index (Phi) is 11.5. The molecular formula is C11H16O7. The van der Waals surface area contributed by atoms with E-state index in [1.54, 1.807) is 0 Å². The van der Waals surface area contributed by atoms with Gasteiger partial charge in [0, 0.05) is 17.7 Å². The molecule has 0 aliphatic rings. The normalized spacial score (nSPS) is 9.06. The van der Waals surface area contributed by atoms with Crippen molar-refractivity contribution in [3.8, 4) is 0 Å². The molecule has 18 heavy (non-hydrogen) atoms. The lowest BCUT2D eigenvalue weighted by Gasteiger charge is -1.96. The predicted molar refractivity (Wildman–Crippen MR) is 61.6 cm³/mol. The van der Waals surface area contributed by atoms with Gasteiger partial charge < -0.3 is 9.84 Å². The van der Waals surface area contributed by atoms with Gasteiger partial charge in [0.2, 0.25) is 0 Å². The Hall–Kier alpha value is -2.15. The maximum absolute atomic E-state index is 10.6. The third kappa shape index (κ3) is 13.8. The number of esters is 1. The van der Waals surface area contributed by atoms with Crippen molar-refractivity contribution in [2.75, 3.05) is 6.61 Å². The van der Waals surface area contributed by atoms with Gasteiger partial charge in [0.15, 0.2) is 0 Å². The van der Waals surface area contributed by atoms with E-state index in [9.17, 15) is 14.4 Å². The molecular weight excluding hydrogens is 244 g/mol. The summed E-state index contributed by atoms with van der Waals surface area (Å²) in [5.41, 5.74) is 0.176. The number of carboxylic acid groups (broad SMARTS) is 1. The van der Waals surface area contributed by atoms with Crippen LogP contribution in [0.4, 0.5) is 0 Å². The second-order valence-electron chi connectivity index (χ2n) is 3.00. The van der Waals surface area contributed by atoms with Gasteiger partial charge in [-0.2, -0.15) is 5.26 Å². The van der Waals surface area contributed by atoms with E-state index in [-0.39, 0.29) is 5.57 Å². The maximum atomic E-state index is 10.6. The zero-order valence-corrected chi connectivity index (χ0v) is 10.2. The first-order valence-electron chi connectivity index (χ1n) is 4.94. The van der Waals surface area contributed by atoms with Crippen LogP contribution < -0.4 is 0 Å². The molecule has 0 aromatic carbocycles. The van der Waals surface area contributed by atoms with E-state index in [2.05, 4.69) is 16.2 Å². The minimum absolute atomic E-state index is 0.176. The van der Waals surface area contributed by atoms with Crippen LogP contribution in [0.5, 0.6) is 0 Å². The molecule has 0 spiro atoms. The number of aliphatic carboxylic acids is 1. The van der Waals surface area contributed by atoms with Gasteiger partial charge in [0.1, 0.15) is 0 Å². The van der Waals surface area contributed by atoms with Crippen molar-refractivity contribution in [2.45, 2.75) is 20.3 Å². The molecule has 0 saturated heterocycles. The van der Waals surface area contributed by atoms with Gasteiger partial charge in [-0.3, -0.25) is 4.89 Å². The highest BCUT2D eigenvalue weighted by Gasteiger charge is 1.98. The van der Waals surface area contributed by atoms with Crippen molar-refractivity contribution in [2.24, 2.45) is 0 Å². The molecule has 0 atom stereocenters. The Bertz CT molecular complexity index is 318. The third-order valence-electron chi connectivity index (χ3n) is 1.26. The Morgan fingerprint density at radius 3 is 2.00 bits per heavy atom. The Morgan fingerprint density at radius 2 is 1.67 bits per heavy atom. The highest BCUT2D eigenvalue weighted by molar-refractivity contribution is 5.91. The molecule has 7 nitrogen and oxygen atoms in total. The van der Waals surface area contributed by atoms with Gasteiger partial charge in [-0.1, -0.05) is 13.5 Å². The van der Waals surface area contributed by atoms with Crippen molar-refractivity contribution in [1.82, 2.24) is 0 Å². The van der Waals surface area contributed by atoms with Gasteiger partial charge in [0.25, 0.3) is 0 Å². The molecule has 0 aliphatic carbocycles. The van der Waals surface area contributed by atoms with E-state index >= 15 is 0 Å². The highest BCUT2D eigenvalue weighted by Crippen LogP contribution is 1.85. The molecule has 0 aromatic rings. The van der Waals surface area contributed by atoms with E-state index in [1.807, 2.05) is 6.92 Å². The van der Waals surface area contributed by atoms with E-state index in [0.29, 0.717) is 13.0 Å². The predicted octanol–water partition coefficient (Wildman–Crippen LogP) is 1.16. The number of hydrogen-bond acceptors (Lipinski definition) is 6. The molecule has 0 aromatic heterocycles. The highest BCUT2D eigenvalue weighted by atomic mass is 17.1.